The number of aliphatic hydroxyl groups excluding tert-OH is 1. The number of alkyl halides is 1. The van der Waals surface area contributed by atoms with Gasteiger partial charge in [-0.15, -0.1) is 11.8 Å². The standard InChI is InChI=1S/C19H30BrN3O4S/c1-5-6-21-15(25)11-12-17(27)23(7-8-24)14(16(26)22-18(2,3)4)19(12)9-10(20)13(11)28-19/h10-14,24H,5-9H2,1-4H3,(H,21,25)(H,22,26)/t10?,11-,12-,13-,14?,19?/m0/s1. The largest absolute Gasteiger partial charge is 0.395 e. The van der Waals surface area contributed by atoms with Gasteiger partial charge in [0.2, 0.25) is 17.7 Å². The minimum atomic E-state index is -0.685. The van der Waals surface area contributed by atoms with Crippen molar-refractivity contribution in [2.75, 3.05) is 19.7 Å². The highest BCUT2D eigenvalue weighted by Gasteiger charge is 2.75. The molecule has 9 heteroatoms. The molecule has 0 radical (unpaired) electrons. The van der Waals surface area contributed by atoms with Gasteiger partial charge in [0.1, 0.15) is 6.04 Å². The number of rotatable bonds is 6. The molecule has 158 valence electrons. The Balaban J connectivity index is 1.99. The topological polar surface area (TPSA) is 98.7 Å². The number of β-amino-alcohol motifs (C(OH)–C–C–N with tert-alkyl or cyclic N) is 1. The van der Waals surface area contributed by atoms with Crippen LogP contribution in [-0.2, 0) is 14.4 Å². The highest BCUT2D eigenvalue weighted by molar-refractivity contribution is 9.09. The van der Waals surface area contributed by atoms with Crippen LogP contribution in [0, 0.1) is 11.8 Å². The predicted octanol–water partition coefficient (Wildman–Crippen LogP) is 0.884. The molecule has 3 aliphatic rings. The molecule has 28 heavy (non-hydrogen) atoms. The Hall–Kier alpha value is -0.800. The Morgan fingerprint density at radius 3 is 2.61 bits per heavy atom. The third kappa shape index (κ3) is 3.47. The number of halogens is 1. The van der Waals surface area contributed by atoms with Crippen molar-refractivity contribution in [3.8, 4) is 0 Å². The average molecular weight is 476 g/mol. The lowest BCUT2D eigenvalue weighted by molar-refractivity contribution is -0.140. The van der Waals surface area contributed by atoms with Crippen molar-refractivity contribution >= 4 is 45.4 Å². The Morgan fingerprint density at radius 2 is 2.04 bits per heavy atom. The number of likely N-dealkylation sites (tertiary alicyclic amines) is 1. The maximum atomic E-state index is 13.4. The Kier molecular flexibility index (Phi) is 6.10. The van der Waals surface area contributed by atoms with E-state index in [-0.39, 0.29) is 41.0 Å². The molecular weight excluding hydrogens is 446 g/mol. The van der Waals surface area contributed by atoms with Crippen molar-refractivity contribution in [1.82, 2.24) is 15.5 Å². The van der Waals surface area contributed by atoms with Crippen molar-refractivity contribution in [2.45, 2.75) is 66.9 Å². The highest BCUT2D eigenvalue weighted by Crippen LogP contribution is 2.67. The Labute approximate surface area is 178 Å². The van der Waals surface area contributed by atoms with Gasteiger partial charge in [-0.2, -0.15) is 0 Å². The average Bonchev–Trinajstić information content (AvgIpc) is 3.16. The van der Waals surface area contributed by atoms with Crippen LogP contribution in [0.1, 0.15) is 40.5 Å². The summed E-state index contributed by atoms with van der Waals surface area (Å²) in [6.07, 6.45) is 1.48. The summed E-state index contributed by atoms with van der Waals surface area (Å²) in [5.41, 5.74) is -0.438. The fourth-order valence-corrected chi connectivity index (χ4v) is 8.50. The number of aliphatic hydroxyl groups is 1. The van der Waals surface area contributed by atoms with E-state index in [4.69, 9.17) is 0 Å². The number of amides is 3. The van der Waals surface area contributed by atoms with E-state index in [1.807, 2.05) is 27.7 Å². The fourth-order valence-electron chi connectivity index (χ4n) is 4.88. The van der Waals surface area contributed by atoms with Crippen LogP contribution in [0.5, 0.6) is 0 Å². The molecule has 6 atom stereocenters. The molecule has 0 aromatic heterocycles. The van der Waals surface area contributed by atoms with Crippen LogP contribution in [0.3, 0.4) is 0 Å². The summed E-state index contributed by atoms with van der Waals surface area (Å²) < 4.78 is -0.644. The van der Waals surface area contributed by atoms with Crippen LogP contribution >= 0.6 is 27.7 Å². The summed E-state index contributed by atoms with van der Waals surface area (Å²) >= 11 is 5.32. The first-order chi connectivity index (χ1) is 13.1. The molecular formula is C19H30BrN3O4S. The zero-order valence-corrected chi connectivity index (χ0v) is 19.2. The highest BCUT2D eigenvalue weighted by atomic mass is 79.9. The quantitative estimate of drug-likeness (QED) is 0.495. The third-order valence-corrected chi connectivity index (χ3v) is 8.95. The van der Waals surface area contributed by atoms with Crippen molar-refractivity contribution in [3.63, 3.8) is 0 Å². The number of thioether (sulfide) groups is 1. The molecule has 3 rings (SSSR count). The Morgan fingerprint density at radius 1 is 1.36 bits per heavy atom. The number of carbonyl (C=O) groups excluding carboxylic acids is 3. The molecule has 3 saturated heterocycles. The third-order valence-electron chi connectivity index (χ3n) is 5.73. The second kappa shape index (κ2) is 7.80. The first kappa shape index (κ1) is 21.9. The summed E-state index contributed by atoms with van der Waals surface area (Å²) in [5, 5.41) is 15.4. The van der Waals surface area contributed by atoms with Gasteiger partial charge in [0.25, 0.3) is 0 Å². The molecule has 2 bridgehead atoms. The SMILES string of the molecule is CCCNC(=O)[C@H]1[C@H]2C(=O)N(CCO)C(C(=O)NC(C)(C)C)C23CC(Br)[C@@H]1S3. The molecule has 0 saturated carbocycles. The first-order valence-electron chi connectivity index (χ1n) is 9.90. The minimum absolute atomic E-state index is 0.0352. The van der Waals surface area contributed by atoms with Crippen molar-refractivity contribution < 1.29 is 19.5 Å². The van der Waals surface area contributed by atoms with Gasteiger partial charge in [0.15, 0.2) is 0 Å². The summed E-state index contributed by atoms with van der Waals surface area (Å²) in [6.45, 7) is 8.15. The van der Waals surface area contributed by atoms with E-state index in [1.165, 1.54) is 4.90 Å². The van der Waals surface area contributed by atoms with Crippen molar-refractivity contribution in [1.29, 1.82) is 0 Å². The van der Waals surface area contributed by atoms with E-state index >= 15 is 0 Å². The lowest BCUT2D eigenvalue weighted by Crippen LogP contribution is -2.57. The van der Waals surface area contributed by atoms with Crippen molar-refractivity contribution in [2.24, 2.45) is 11.8 Å². The van der Waals surface area contributed by atoms with Gasteiger partial charge in [0, 0.05) is 28.7 Å². The number of hydrogen-bond donors (Lipinski definition) is 3. The maximum Gasteiger partial charge on any atom is 0.244 e. The number of nitrogens with zero attached hydrogens (tertiary/aromatic N) is 1. The molecule has 3 aliphatic heterocycles. The molecule has 3 amide bonds. The summed E-state index contributed by atoms with van der Waals surface area (Å²) in [6, 6.07) is -0.685. The summed E-state index contributed by atoms with van der Waals surface area (Å²) in [5.74, 6) is -1.50. The van der Waals surface area contributed by atoms with E-state index in [1.54, 1.807) is 11.8 Å². The fraction of sp³-hybridized carbons (Fsp3) is 0.842. The van der Waals surface area contributed by atoms with Gasteiger partial charge in [-0.3, -0.25) is 14.4 Å². The molecule has 0 aromatic rings. The van der Waals surface area contributed by atoms with Crippen LogP contribution < -0.4 is 10.6 Å². The summed E-state index contributed by atoms with van der Waals surface area (Å²) in [7, 11) is 0. The van der Waals surface area contributed by atoms with E-state index in [2.05, 4.69) is 26.6 Å². The van der Waals surface area contributed by atoms with Gasteiger partial charge < -0.3 is 20.6 Å². The molecule has 3 unspecified atom stereocenters. The van der Waals surface area contributed by atoms with E-state index in [0.717, 1.165) is 6.42 Å². The summed E-state index contributed by atoms with van der Waals surface area (Å²) in [4.78, 5) is 41.1. The predicted molar refractivity (Wildman–Crippen MR) is 112 cm³/mol. The zero-order chi connectivity index (χ0) is 20.9. The van der Waals surface area contributed by atoms with Gasteiger partial charge in [-0.1, -0.05) is 22.9 Å². The lowest BCUT2D eigenvalue weighted by Gasteiger charge is -2.36. The first-order valence-corrected chi connectivity index (χ1v) is 11.7. The molecule has 0 aromatic carbocycles. The number of nitrogens with one attached hydrogen (secondary N) is 2. The number of fused-ring (bicyclic) bond motifs is 1. The van der Waals surface area contributed by atoms with Crippen LogP contribution in [-0.4, -0.2) is 73.8 Å². The number of carbonyl (C=O) groups is 3. The number of hydrogen-bond acceptors (Lipinski definition) is 5. The van der Waals surface area contributed by atoms with Gasteiger partial charge in [0.05, 0.1) is 23.2 Å². The molecule has 7 nitrogen and oxygen atoms in total. The minimum Gasteiger partial charge on any atom is -0.395 e. The molecule has 1 spiro atoms. The van der Waals surface area contributed by atoms with E-state index in [0.29, 0.717) is 13.0 Å². The van der Waals surface area contributed by atoms with Crippen molar-refractivity contribution in [3.05, 3.63) is 0 Å². The lowest BCUT2D eigenvalue weighted by atomic mass is 9.70. The van der Waals surface area contributed by atoms with Crippen LogP contribution in [0.4, 0.5) is 0 Å². The molecule has 3 N–H and O–H groups in total. The molecule has 3 heterocycles. The second-order valence-electron chi connectivity index (χ2n) is 8.95. The van der Waals surface area contributed by atoms with E-state index < -0.39 is 28.2 Å². The van der Waals surface area contributed by atoms with Gasteiger partial charge >= 0.3 is 0 Å². The Bertz CT molecular complexity index is 670. The second-order valence-corrected chi connectivity index (χ2v) is 11.7. The van der Waals surface area contributed by atoms with Crippen LogP contribution in [0.15, 0.2) is 0 Å². The van der Waals surface area contributed by atoms with Crippen LogP contribution in [0.25, 0.3) is 0 Å². The monoisotopic (exact) mass is 475 g/mol. The molecule has 0 aliphatic carbocycles. The smallest absolute Gasteiger partial charge is 0.244 e. The van der Waals surface area contributed by atoms with Crippen LogP contribution in [0.2, 0.25) is 0 Å². The maximum absolute atomic E-state index is 13.4. The normalized spacial score (nSPS) is 36.6. The van der Waals surface area contributed by atoms with E-state index in [9.17, 15) is 19.5 Å². The molecule has 3 fully saturated rings. The zero-order valence-electron chi connectivity index (χ0n) is 16.8. The van der Waals surface area contributed by atoms with Gasteiger partial charge in [-0.25, -0.2) is 0 Å². The van der Waals surface area contributed by atoms with Gasteiger partial charge in [-0.05, 0) is 33.6 Å².